The Labute approximate surface area is 119 Å². The van der Waals surface area contributed by atoms with Crippen molar-refractivity contribution < 1.29 is 5.11 Å². The molecular weight excluding hydrogens is 254 g/mol. The minimum absolute atomic E-state index is 0.224. The molecule has 0 radical (unpaired) electrons. The van der Waals surface area contributed by atoms with Gasteiger partial charge in [-0.05, 0) is 32.4 Å². The van der Waals surface area contributed by atoms with Crippen molar-refractivity contribution in [1.82, 2.24) is 24.9 Å². The Bertz CT molecular complexity index is 507. The van der Waals surface area contributed by atoms with Gasteiger partial charge in [-0.3, -0.25) is 9.36 Å². The maximum Gasteiger partial charge on any atom is 0.0860 e. The lowest BCUT2D eigenvalue weighted by Gasteiger charge is -2.23. The highest BCUT2D eigenvalue weighted by Gasteiger charge is 2.15. The number of hydrogen-bond acceptors (Lipinski definition) is 4. The average molecular weight is 277 g/mol. The first-order chi connectivity index (χ1) is 9.56. The largest absolute Gasteiger partial charge is 0.390 e. The molecule has 0 aliphatic rings. The molecule has 0 aliphatic heterocycles. The zero-order valence-corrected chi connectivity index (χ0v) is 12.3. The Kier molecular flexibility index (Phi) is 4.92. The molecule has 0 unspecified atom stereocenters. The van der Waals surface area contributed by atoms with Crippen molar-refractivity contribution in [2.75, 3.05) is 6.54 Å². The molecule has 0 amide bonds. The second-order valence-corrected chi connectivity index (χ2v) is 5.32. The molecule has 0 fully saturated rings. The second-order valence-electron chi connectivity index (χ2n) is 5.32. The highest BCUT2D eigenvalue weighted by atomic mass is 16.3. The highest BCUT2D eigenvalue weighted by molar-refractivity contribution is 5.00. The SMILES string of the molecule is Cc1cnn([C@H](C)[C@@H](C)NC[C@H](O)Cn2cccn2)c1. The number of aryl methyl sites for hydroxylation is 1. The van der Waals surface area contributed by atoms with Crippen LogP contribution in [0, 0.1) is 6.92 Å². The molecule has 0 saturated heterocycles. The summed E-state index contributed by atoms with van der Waals surface area (Å²) >= 11 is 0. The van der Waals surface area contributed by atoms with E-state index in [1.807, 2.05) is 36.3 Å². The van der Waals surface area contributed by atoms with Crippen molar-refractivity contribution in [1.29, 1.82) is 0 Å². The molecule has 6 heteroatoms. The number of aliphatic hydroxyl groups is 1. The van der Waals surface area contributed by atoms with Gasteiger partial charge in [0.1, 0.15) is 0 Å². The molecule has 2 N–H and O–H groups in total. The van der Waals surface area contributed by atoms with Gasteiger partial charge in [-0.15, -0.1) is 0 Å². The Morgan fingerprint density at radius 3 is 2.75 bits per heavy atom. The van der Waals surface area contributed by atoms with E-state index in [4.69, 9.17) is 0 Å². The summed E-state index contributed by atoms with van der Waals surface area (Å²) in [5, 5.41) is 21.7. The van der Waals surface area contributed by atoms with E-state index in [0.717, 1.165) is 5.56 Å². The molecule has 20 heavy (non-hydrogen) atoms. The van der Waals surface area contributed by atoms with Gasteiger partial charge in [0.05, 0.1) is 24.9 Å². The van der Waals surface area contributed by atoms with Gasteiger partial charge in [0.2, 0.25) is 0 Å². The fourth-order valence-corrected chi connectivity index (χ4v) is 2.07. The molecule has 3 atom stereocenters. The van der Waals surface area contributed by atoms with Crippen LogP contribution in [0.4, 0.5) is 0 Å². The normalized spacial score (nSPS) is 16.0. The van der Waals surface area contributed by atoms with Crippen molar-refractivity contribution in [2.45, 2.75) is 45.5 Å². The summed E-state index contributed by atoms with van der Waals surface area (Å²) < 4.78 is 3.68. The molecule has 0 saturated carbocycles. The first-order valence-electron chi connectivity index (χ1n) is 6.96. The molecular formula is C14H23N5O. The van der Waals surface area contributed by atoms with E-state index < -0.39 is 6.10 Å². The number of rotatable bonds is 7. The molecule has 2 aromatic heterocycles. The smallest absolute Gasteiger partial charge is 0.0860 e. The minimum atomic E-state index is -0.455. The van der Waals surface area contributed by atoms with Crippen molar-refractivity contribution in [2.24, 2.45) is 0 Å². The van der Waals surface area contributed by atoms with Gasteiger partial charge in [-0.2, -0.15) is 10.2 Å². The van der Waals surface area contributed by atoms with Crippen LogP contribution in [-0.2, 0) is 6.54 Å². The zero-order chi connectivity index (χ0) is 14.5. The van der Waals surface area contributed by atoms with Crippen LogP contribution in [0.15, 0.2) is 30.9 Å². The van der Waals surface area contributed by atoms with Crippen molar-refractivity contribution >= 4 is 0 Å². The minimum Gasteiger partial charge on any atom is -0.390 e. The summed E-state index contributed by atoms with van der Waals surface area (Å²) in [6.07, 6.45) is 7.00. The predicted molar refractivity (Wildman–Crippen MR) is 77.4 cm³/mol. The van der Waals surface area contributed by atoms with Crippen molar-refractivity contribution in [3.63, 3.8) is 0 Å². The zero-order valence-electron chi connectivity index (χ0n) is 12.3. The monoisotopic (exact) mass is 277 g/mol. The third kappa shape index (κ3) is 3.91. The summed E-state index contributed by atoms with van der Waals surface area (Å²) in [5.41, 5.74) is 1.16. The fraction of sp³-hybridized carbons (Fsp3) is 0.571. The van der Waals surface area contributed by atoms with Crippen LogP contribution in [0.3, 0.4) is 0 Å². The number of nitrogens with one attached hydrogen (secondary N) is 1. The lowest BCUT2D eigenvalue weighted by molar-refractivity contribution is 0.140. The van der Waals surface area contributed by atoms with Crippen LogP contribution in [-0.4, -0.2) is 43.4 Å². The summed E-state index contributed by atoms with van der Waals surface area (Å²) in [6.45, 7) is 7.28. The van der Waals surface area contributed by atoms with Gasteiger partial charge < -0.3 is 10.4 Å². The first-order valence-corrected chi connectivity index (χ1v) is 6.96. The lowest BCUT2D eigenvalue weighted by atomic mass is 10.1. The van der Waals surface area contributed by atoms with E-state index in [0.29, 0.717) is 13.1 Å². The maximum absolute atomic E-state index is 9.98. The topological polar surface area (TPSA) is 67.9 Å². The molecule has 0 aromatic carbocycles. The molecule has 110 valence electrons. The molecule has 0 bridgehead atoms. The fourth-order valence-electron chi connectivity index (χ4n) is 2.07. The molecule has 0 spiro atoms. The van der Waals surface area contributed by atoms with Crippen LogP contribution in [0.25, 0.3) is 0 Å². The van der Waals surface area contributed by atoms with Crippen LogP contribution in [0.5, 0.6) is 0 Å². The van der Waals surface area contributed by atoms with E-state index in [9.17, 15) is 5.11 Å². The molecule has 0 aliphatic carbocycles. The quantitative estimate of drug-likeness (QED) is 0.792. The predicted octanol–water partition coefficient (Wildman–Crippen LogP) is 0.988. The van der Waals surface area contributed by atoms with Crippen LogP contribution in [0.1, 0.15) is 25.5 Å². The Hall–Kier alpha value is -1.66. The Morgan fingerprint density at radius 1 is 1.35 bits per heavy atom. The van der Waals surface area contributed by atoms with Crippen molar-refractivity contribution in [3.05, 3.63) is 36.4 Å². The van der Waals surface area contributed by atoms with Gasteiger partial charge in [-0.25, -0.2) is 0 Å². The number of aromatic nitrogens is 4. The standard InChI is InChI=1S/C14H23N5O/c1-11-7-17-19(9-11)13(3)12(2)15-8-14(20)10-18-6-4-5-16-18/h4-7,9,12-15,20H,8,10H2,1-3H3/t12-,13-,14+/m1/s1. The van der Waals surface area contributed by atoms with Gasteiger partial charge in [0.25, 0.3) is 0 Å². The number of nitrogens with zero attached hydrogens (tertiary/aromatic N) is 4. The first kappa shape index (κ1) is 14.7. The number of hydrogen-bond donors (Lipinski definition) is 2. The second kappa shape index (κ2) is 6.67. The third-order valence-electron chi connectivity index (χ3n) is 3.50. The van der Waals surface area contributed by atoms with Crippen molar-refractivity contribution in [3.8, 4) is 0 Å². The van der Waals surface area contributed by atoms with Gasteiger partial charge >= 0.3 is 0 Å². The van der Waals surface area contributed by atoms with E-state index in [1.54, 1.807) is 10.9 Å². The van der Waals surface area contributed by atoms with E-state index in [1.165, 1.54) is 0 Å². The Morgan fingerprint density at radius 2 is 2.15 bits per heavy atom. The third-order valence-corrected chi connectivity index (χ3v) is 3.50. The Balaban J connectivity index is 1.78. The van der Waals surface area contributed by atoms with Gasteiger partial charge in [0, 0.05) is 31.2 Å². The van der Waals surface area contributed by atoms with E-state index in [2.05, 4.69) is 29.4 Å². The molecule has 2 heterocycles. The van der Waals surface area contributed by atoms with E-state index >= 15 is 0 Å². The van der Waals surface area contributed by atoms with E-state index in [-0.39, 0.29) is 12.1 Å². The number of aliphatic hydroxyl groups excluding tert-OH is 1. The molecule has 2 aromatic rings. The van der Waals surface area contributed by atoms with Crippen LogP contribution in [0.2, 0.25) is 0 Å². The average Bonchev–Trinajstić information content (AvgIpc) is 3.06. The summed E-state index contributed by atoms with van der Waals surface area (Å²) in [4.78, 5) is 0. The van der Waals surface area contributed by atoms with Gasteiger partial charge in [-0.1, -0.05) is 0 Å². The lowest BCUT2D eigenvalue weighted by Crippen LogP contribution is -2.40. The van der Waals surface area contributed by atoms with Crippen LogP contribution >= 0.6 is 0 Å². The summed E-state index contributed by atoms with van der Waals surface area (Å²) in [7, 11) is 0. The highest BCUT2D eigenvalue weighted by Crippen LogP contribution is 2.10. The summed E-state index contributed by atoms with van der Waals surface area (Å²) in [6, 6.07) is 2.31. The van der Waals surface area contributed by atoms with Crippen LogP contribution < -0.4 is 5.32 Å². The molecule has 2 rings (SSSR count). The summed E-state index contributed by atoms with van der Waals surface area (Å²) in [5.74, 6) is 0. The van der Waals surface area contributed by atoms with Gasteiger partial charge in [0.15, 0.2) is 0 Å². The maximum atomic E-state index is 9.98. The molecule has 6 nitrogen and oxygen atoms in total.